The molecule has 2 rings (SSSR count). The van der Waals surface area contributed by atoms with Crippen molar-refractivity contribution in [3.8, 4) is 6.07 Å². The molecular formula is C13H7BrF2N2. The summed E-state index contributed by atoms with van der Waals surface area (Å²) in [5.41, 5.74) is 0.689. The van der Waals surface area contributed by atoms with Gasteiger partial charge < -0.3 is 5.32 Å². The van der Waals surface area contributed by atoms with E-state index in [1.165, 1.54) is 18.2 Å². The van der Waals surface area contributed by atoms with Gasteiger partial charge in [-0.2, -0.15) is 5.26 Å². The maximum Gasteiger partial charge on any atom is 0.147 e. The van der Waals surface area contributed by atoms with Crippen LogP contribution in [0.25, 0.3) is 0 Å². The smallest absolute Gasteiger partial charge is 0.147 e. The average Bonchev–Trinajstić information content (AvgIpc) is 2.33. The number of nitriles is 1. The fourth-order valence-electron chi connectivity index (χ4n) is 1.49. The van der Waals surface area contributed by atoms with Gasteiger partial charge in [0, 0.05) is 10.2 Å². The molecule has 0 heterocycles. The quantitative estimate of drug-likeness (QED) is 0.895. The maximum absolute atomic E-state index is 13.6. The minimum absolute atomic E-state index is 0.171. The van der Waals surface area contributed by atoms with Gasteiger partial charge in [0.05, 0.1) is 17.3 Å². The highest BCUT2D eigenvalue weighted by molar-refractivity contribution is 9.10. The number of para-hydroxylation sites is 1. The Labute approximate surface area is 111 Å². The van der Waals surface area contributed by atoms with Gasteiger partial charge in [0.15, 0.2) is 0 Å². The zero-order valence-corrected chi connectivity index (χ0v) is 10.6. The van der Waals surface area contributed by atoms with Crippen molar-refractivity contribution in [2.24, 2.45) is 0 Å². The molecule has 2 nitrogen and oxygen atoms in total. The van der Waals surface area contributed by atoms with Crippen molar-refractivity contribution in [1.29, 1.82) is 5.26 Å². The number of rotatable bonds is 2. The van der Waals surface area contributed by atoms with Gasteiger partial charge >= 0.3 is 0 Å². The van der Waals surface area contributed by atoms with Crippen molar-refractivity contribution in [2.45, 2.75) is 0 Å². The van der Waals surface area contributed by atoms with E-state index in [4.69, 9.17) is 5.26 Å². The fraction of sp³-hybridized carbons (Fsp3) is 0. The van der Waals surface area contributed by atoms with E-state index in [-0.39, 0.29) is 11.3 Å². The Balaban J connectivity index is 2.40. The topological polar surface area (TPSA) is 35.8 Å². The normalized spacial score (nSPS) is 9.89. The van der Waals surface area contributed by atoms with Gasteiger partial charge in [0.1, 0.15) is 11.6 Å². The maximum atomic E-state index is 13.6. The predicted molar refractivity (Wildman–Crippen MR) is 68.5 cm³/mol. The Kier molecular flexibility index (Phi) is 3.58. The SMILES string of the molecule is N#Cc1cc(F)cc(Nc2c(F)cccc2Br)c1. The standard InChI is InChI=1S/C13H7BrF2N2/c14-11-2-1-3-12(16)13(11)18-10-5-8(7-17)4-9(15)6-10/h1-6,18H. The summed E-state index contributed by atoms with van der Waals surface area (Å²) in [6.45, 7) is 0. The van der Waals surface area contributed by atoms with Crippen LogP contribution < -0.4 is 5.32 Å². The zero-order chi connectivity index (χ0) is 13.1. The van der Waals surface area contributed by atoms with Gasteiger partial charge in [-0.15, -0.1) is 0 Å². The first-order valence-electron chi connectivity index (χ1n) is 5.02. The lowest BCUT2D eigenvalue weighted by molar-refractivity contribution is 0.626. The molecule has 0 aromatic heterocycles. The number of nitrogens with one attached hydrogen (secondary N) is 1. The Hall–Kier alpha value is -1.93. The molecule has 0 atom stereocenters. The van der Waals surface area contributed by atoms with E-state index < -0.39 is 11.6 Å². The summed E-state index contributed by atoms with van der Waals surface area (Å²) in [4.78, 5) is 0. The molecule has 90 valence electrons. The van der Waals surface area contributed by atoms with Crippen LogP contribution in [-0.2, 0) is 0 Å². The van der Waals surface area contributed by atoms with E-state index in [0.717, 1.165) is 6.07 Å². The van der Waals surface area contributed by atoms with Gasteiger partial charge in [0.2, 0.25) is 0 Å². The van der Waals surface area contributed by atoms with Gasteiger partial charge in [-0.05, 0) is 46.3 Å². The van der Waals surface area contributed by atoms with Crippen LogP contribution in [0.1, 0.15) is 5.56 Å². The lowest BCUT2D eigenvalue weighted by atomic mass is 10.2. The van der Waals surface area contributed by atoms with Crippen LogP contribution in [0, 0.1) is 23.0 Å². The molecular weight excluding hydrogens is 302 g/mol. The zero-order valence-electron chi connectivity index (χ0n) is 9.05. The van der Waals surface area contributed by atoms with Crippen molar-refractivity contribution >= 4 is 27.3 Å². The summed E-state index contributed by atoms with van der Waals surface area (Å²) in [7, 11) is 0. The number of nitrogens with zero attached hydrogens (tertiary/aromatic N) is 1. The number of benzene rings is 2. The van der Waals surface area contributed by atoms with Crippen LogP contribution in [0.15, 0.2) is 40.9 Å². The molecule has 0 radical (unpaired) electrons. The molecule has 0 fully saturated rings. The number of anilines is 2. The molecule has 0 saturated heterocycles. The molecule has 0 saturated carbocycles. The van der Waals surface area contributed by atoms with Crippen LogP contribution in [0.2, 0.25) is 0 Å². The molecule has 0 amide bonds. The Morgan fingerprint density at radius 1 is 1.17 bits per heavy atom. The summed E-state index contributed by atoms with van der Waals surface area (Å²) < 4.78 is 27.3. The molecule has 1 N–H and O–H groups in total. The third-order valence-corrected chi connectivity index (χ3v) is 2.92. The summed E-state index contributed by atoms with van der Waals surface area (Å²) in [5, 5.41) is 11.5. The molecule has 2 aromatic carbocycles. The third-order valence-electron chi connectivity index (χ3n) is 2.26. The summed E-state index contributed by atoms with van der Waals surface area (Å²) in [6, 6.07) is 10.1. The molecule has 0 aliphatic heterocycles. The van der Waals surface area contributed by atoms with Gasteiger partial charge in [-0.3, -0.25) is 0 Å². The molecule has 0 aliphatic rings. The van der Waals surface area contributed by atoms with E-state index in [2.05, 4.69) is 21.2 Å². The van der Waals surface area contributed by atoms with E-state index in [0.29, 0.717) is 10.2 Å². The van der Waals surface area contributed by atoms with Crippen LogP contribution in [0.4, 0.5) is 20.2 Å². The summed E-state index contributed by atoms with van der Waals surface area (Å²) >= 11 is 3.20. The van der Waals surface area contributed by atoms with Gasteiger partial charge in [-0.25, -0.2) is 8.78 Å². The molecule has 5 heteroatoms. The molecule has 0 unspecified atom stereocenters. The largest absolute Gasteiger partial charge is 0.352 e. The highest BCUT2D eigenvalue weighted by atomic mass is 79.9. The highest BCUT2D eigenvalue weighted by Gasteiger charge is 2.08. The van der Waals surface area contributed by atoms with E-state index >= 15 is 0 Å². The molecule has 2 aromatic rings. The second-order valence-electron chi connectivity index (χ2n) is 3.56. The van der Waals surface area contributed by atoms with Gasteiger partial charge in [-0.1, -0.05) is 6.07 Å². The van der Waals surface area contributed by atoms with Crippen molar-refractivity contribution in [1.82, 2.24) is 0 Å². The van der Waals surface area contributed by atoms with Crippen LogP contribution >= 0.6 is 15.9 Å². The molecule has 0 spiro atoms. The monoisotopic (exact) mass is 308 g/mol. The van der Waals surface area contributed by atoms with Crippen molar-refractivity contribution in [2.75, 3.05) is 5.32 Å². The van der Waals surface area contributed by atoms with E-state index in [1.807, 2.05) is 6.07 Å². The lowest BCUT2D eigenvalue weighted by Crippen LogP contribution is -1.96. The average molecular weight is 309 g/mol. The first-order valence-corrected chi connectivity index (χ1v) is 5.81. The van der Waals surface area contributed by atoms with Gasteiger partial charge in [0.25, 0.3) is 0 Å². The summed E-state index contributed by atoms with van der Waals surface area (Å²) in [6.07, 6.45) is 0. The second kappa shape index (κ2) is 5.15. The minimum atomic E-state index is -0.552. The van der Waals surface area contributed by atoms with Crippen LogP contribution in [-0.4, -0.2) is 0 Å². The van der Waals surface area contributed by atoms with Crippen LogP contribution in [0.5, 0.6) is 0 Å². The summed E-state index contributed by atoms with van der Waals surface area (Å²) in [5.74, 6) is -1.02. The Bertz CT molecular complexity index is 615. The van der Waals surface area contributed by atoms with Crippen molar-refractivity contribution in [3.63, 3.8) is 0 Å². The number of hydrogen-bond donors (Lipinski definition) is 1. The van der Waals surface area contributed by atoms with Crippen molar-refractivity contribution in [3.05, 3.63) is 58.1 Å². The third kappa shape index (κ3) is 2.66. The predicted octanol–water partition coefficient (Wildman–Crippen LogP) is 4.34. The lowest BCUT2D eigenvalue weighted by Gasteiger charge is -2.10. The molecule has 18 heavy (non-hydrogen) atoms. The molecule has 0 bridgehead atoms. The van der Waals surface area contributed by atoms with E-state index in [1.54, 1.807) is 12.1 Å². The van der Waals surface area contributed by atoms with E-state index in [9.17, 15) is 8.78 Å². The Morgan fingerprint density at radius 2 is 1.94 bits per heavy atom. The van der Waals surface area contributed by atoms with Crippen molar-refractivity contribution < 1.29 is 8.78 Å². The number of halogens is 3. The minimum Gasteiger partial charge on any atom is -0.352 e. The highest BCUT2D eigenvalue weighted by Crippen LogP contribution is 2.29. The second-order valence-corrected chi connectivity index (χ2v) is 4.42. The Morgan fingerprint density at radius 3 is 2.61 bits per heavy atom. The first kappa shape index (κ1) is 12.5. The first-order chi connectivity index (χ1) is 8.60. The number of hydrogen-bond acceptors (Lipinski definition) is 2. The fourth-order valence-corrected chi connectivity index (χ4v) is 1.93. The molecule has 0 aliphatic carbocycles. The van der Waals surface area contributed by atoms with Crippen LogP contribution in [0.3, 0.4) is 0 Å².